The summed E-state index contributed by atoms with van der Waals surface area (Å²) in [7, 11) is 0. The van der Waals surface area contributed by atoms with Gasteiger partial charge in [-0.15, -0.1) is 5.10 Å². The Kier molecular flexibility index (Phi) is 4.75. The van der Waals surface area contributed by atoms with Crippen molar-refractivity contribution >= 4 is 28.4 Å². The third-order valence-electron chi connectivity index (χ3n) is 4.96. The Labute approximate surface area is 176 Å². The average molecular weight is 414 g/mol. The van der Waals surface area contributed by atoms with Crippen LogP contribution in [0.4, 0.5) is 5.69 Å². The van der Waals surface area contributed by atoms with Crippen molar-refractivity contribution in [1.29, 1.82) is 0 Å². The largest absolute Gasteiger partial charge is 0.489 e. The van der Waals surface area contributed by atoms with E-state index in [1.165, 1.54) is 0 Å². The number of hydrogen-bond acceptors (Lipinski definition) is 6. The quantitative estimate of drug-likeness (QED) is 0.470. The van der Waals surface area contributed by atoms with Crippen LogP contribution in [-0.2, 0) is 11.2 Å². The molecule has 1 atom stereocenters. The van der Waals surface area contributed by atoms with Crippen molar-refractivity contribution < 1.29 is 14.3 Å². The molecule has 0 spiro atoms. The summed E-state index contributed by atoms with van der Waals surface area (Å²) in [5, 5.41) is 13.1. The van der Waals surface area contributed by atoms with E-state index < -0.39 is 17.9 Å². The molecule has 2 aromatic carbocycles. The SMILES string of the molecule is O=C(N[C@H]1COc2ccc3cccnc3c2NC1=O)c1n[nH]c(Cc2ccccc2)n1. The summed E-state index contributed by atoms with van der Waals surface area (Å²) in [4.78, 5) is 33.9. The maximum atomic E-state index is 12.8. The monoisotopic (exact) mass is 414 g/mol. The summed E-state index contributed by atoms with van der Waals surface area (Å²) in [6.45, 7) is -0.0236. The van der Waals surface area contributed by atoms with Crippen LogP contribution in [-0.4, -0.2) is 44.6 Å². The van der Waals surface area contributed by atoms with Gasteiger partial charge in [0.1, 0.15) is 29.9 Å². The first-order valence-electron chi connectivity index (χ1n) is 9.75. The van der Waals surface area contributed by atoms with Crippen LogP contribution >= 0.6 is 0 Å². The number of nitrogens with one attached hydrogen (secondary N) is 3. The number of aromatic nitrogens is 4. The van der Waals surface area contributed by atoms with Gasteiger partial charge in [-0.05, 0) is 23.8 Å². The number of ether oxygens (including phenoxy) is 1. The van der Waals surface area contributed by atoms with Gasteiger partial charge in [-0.3, -0.25) is 19.7 Å². The van der Waals surface area contributed by atoms with Crippen molar-refractivity contribution in [2.24, 2.45) is 0 Å². The number of rotatable bonds is 4. The topological polar surface area (TPSA) is 122 Å². The second kappa shape index (κ2) is 7.86. The maximum absolute atomic E-state index is 12.8. The lowest BCUT2D eigenvalue weighted by Gasteiger charge is -2.13. The van der Waals surface area contributed by atoms with Gasteiger partial charge in [-0.2, -0.15) is 0 Å². The molecular formula is C22H18N6O3. The van der Waals surface area contributed by atoms with Crippen LogP contribution in [0.15, 0.2) is 60.8 Å². The molecule has 1 aliphatic rings. The van der Waals surface area contributed by atoms with Crippen LogP contribution in [0.5, 0.6) is 5.75 Å². The number of benzene rings is 2. The number of carbonyl (C=O) groups is 2. The Bertz CT molecular complexity index is 1270. The number of hydrogen-bond donors (Lipinski definition) is 3. The molecule has 2 aromatic heterocycles. The number of carbonyl (C=O) groups excluding carboxylic acids is 2. The van der Waals surface area contributed by atoms with Gasteiger partial charge >= 0.3 is 0 Å². The van der Waals surface area contributed by atoms with E-state index in [4.69, 9.17) is 4.74 Å². The van der Waals surface area contributed by atoms with Gasteiger partial charge in [0.05, 0.1) is 5.52 Å². The van der Waals surface area contributed by atoms with Gasteiger partial charge in [0.15, 0.2) is 0 Å². The highest BCUT2D eigenvalue weighted by atomic mass is 16.5. The smallest absolute Gasteiger partial charge is 0.291 e. The molecule has 0 radical (unpaired) electrons. The minimum Gasteiger partial charge on any atom is -0.489 e. The van der Waals surface area contributed by atoms with Crippen molar-refractivity contribution in [1.82, 2.24) is 25.5 Å². The third-order valence-corrected chi connectivity index (χ3v) is 4.96. The zero-order valence-corrected chi connectivity index (χ0v) is 16.3. The molecule has 9 heteroatoms. The van der Waals surface area contributed by atoms with Crippen molar-refractivity contribution in [2.75, 3.05) is 11.9 Å². The van der Waals surface area contributed by atoms with Gasteiger partial charge in [0, 0.05) is 18.0 Å². The molecule has 0 unspecified atom stereocenters. The van der Waals surface area contributed by atoms with Crippen LogP contribution in [0.25, 0.3) is 10.9 Å². The molecule has 0 saturated heterocycles. The van der Waals surface area contributed by atoms with Crippen molar-refractivity contribution in [3.63, 3.8) is 0 Å². The molecule has 3 heterocycles. The van der Waals surface area contributed by atoms with Gasteiger partial charge in [0.25, 0.3) is 11.8 Å². The molecule has 154 valence electrons. The fourth-order valence-electron chi connectivity index (χ4n) is 3.42. The summed E-state index contributed by atoms with van der Waals surface area (Å²) in [5.74, 6) is 0.0633. The van der Waals surface area contributed by atoms with Crippen LogP contribution in [0.1, 0.15) is 22.0 Å². The second-order valence-electron chi connectivity index (χ2n) is 7.11. The molecule has 0 fully saturated rings. The van der Waals surface area contributed by atoms with Crippen LogP contribution < -0.4 is 15.4 Å². The number of fused-ring (bicyclic) bond motifs is 3. The summed E-state index contributed by atoms with van der Waals surface area (Å²) >= 11 is 0. The summed E-state index contributed by atoms with van der Waals surface area (Å²) in [6, 6.07) is 16.2. The summed E-state index contributed by atoms with van der Waals surface area (Å²) < 4.78 is 5.77. The lowest BCUT2D eigenvalue weighted by Crippen LogP contribution is -2.46. The zero-order chi connectivity index (χ0) is 21.2. The first kappa shape index (κ1) is 18.7. The van der Waals surface area contributed by atoms with E-state index >= 15 is 0 Å². The molecule has 0 saturated carbocycles. The zero-order valence-electron chi connectivity index (χ0n) is 16.3. The first-order chi connectivity index (χ1) is 15.2. The minimum atomic E-state index is -0.908. The van der Waals surface area contributed by atoms with E-state index in [9.17, 15) is 9.59 Å². The number of H-pyrrole nitrogens is 1. The van der Waals surface area contributed by atoms with E-state index in [2.05, 4.69) is 30.8 Å². The molecule has 1 aliphatic heterocycles. The predicted molar refractivity (Wildman–Crippen MR) is 113 cm³/mol. The number of aromatic amines is 1. The molecule has 0 bridgehead atoms. The van der Waals surface area contributed by atoms with Crippen LogP contribution in [0.3, 0.4) is 0 Å². The number of amides is 2. The Morgan fingerprint density at radius 1 is 1.13 bits per heavy atom. The van der Waals surface area contributed by atoms with E-state index in [0.717, 1.165) is 10.9 Å². The molecule has 5 rings (SSSR count). The minimum absolute atomic E-state index is 0.0236. The maximum Gasteiger partial charge on any atom is 0.291 e. The van der Waals surface area contributed by atoms with E-state index in [0.29, 0.717) is 29.2 Å². The van der Waals surface area contributed by atoms with E-state index in [-0.39, 0.29) is 12.4 Å². The average Bonchev–Trinajstić information content (AvgIpc) is 3.20. The normalized spacial score (nSPS) is 15.5. The van der Waals surface area contributed by atoms with E-state index in [1.54, 1.807) is 12.3 Å². The third kappa shape index (κ3) is 3.80. The summed E-state index contributed by atoms with van der Waals surface area (Å²) in [5.41, 5.74) is 2.16. The molecule has 0 aliphatic carbocycles. The Morgan fingerprint density at radius 2 is 2.00 bits per heavy atom. The van der Waals surface area contributed by atoms with Crippen molar-refractivity contribution in [2.45, 2.75) is 12.5 Å². The molecule has 2 amide bonds. The van der Waals surface area contributed by atoms with Gasteiger partial charge in [0.2, 0.25) is 5.82 Å². The number of anilines is 1. The second-order valence-corrected chi connectivity index (χ2v) is 7.11. The van der Waals surface area contributed by atoms with Gasteiger partial charge < -0.3 is 15.4 Å². The molecule has 31 heavy (non-hydrogen) atoms. The highest BCUT2D eigenvalue weighted by Gasteiger charge is 2.29. The van der Waals surface area contributed by atoms with Gasteiger partial charge in [-0.25, -0.2) is 4.98 Å². The molecule has 4 aromatic rings. The first-order valence-corrected chi connectivity index (χ1v) is 9.75. The van der Waals surface area contributed by atoms with Crippen molar-refractivity contribution in [3.8, 4) is 5.75 Å². The Morgan fingerprint density at radius 3 is 2.87 bits per heavy atom. The lowest BCUT2D eigenvalue weighted by atomic mass is 10.1. The molecular weight excluding hydrogens is 396 g/mol. The number of nitrogens with zero attached hydrogens (tertiary/aromatic N) is 3. The predicted octanol–water partition coefficient (Wildman–Crippen LogP) is 2.07. The fraction of sp³-hybridized carbons (Fsp3) is 0.136. The number of pyridine rings is 1. The van der Waals surface area contributed by atoms with Crippen LogP contribution in [0, 0.1) is 0 Å². The standard InChI is InChI=1S/C22H18N6O3/c29-21-15(12-31-16-9-8-14-7-4-10-23-18(14)19(16)26-21)24-22(30)20-25-17(27-28-20)11-13-5-2-1-3-6-13/h1-10,15H,11-12H2,(H,24,30)(H,26,29)(H,25,27,28)/t15-/m0/s1. The van der Waals surface area contributed by atoms with Gasteiger partial charge in [-0.1, -0.05) is 36.4 Å². The summed E-state index contributed by atoms with van der Waals surface area (Å²) in [6.07, 6.45) is 2.17. The fourth-order valence-corrected chi connectivity index (χ4v) is 3.42. The molecule has 3 N–H and O–H groups in total. The lowest BCUT2D eigenvalue weighted by molar-refractivity contribution is -0.118. The Hall–Kier alpha value is -4.27. The van der Waals surface area contributed by atoms with E-state index in [1.807, 2.05) is 48.5 Å². The highest BCUT2D eigenvalue weighted by Crippen LogP contribution is 2.33. The Balaban J connectivity index is 1.30. The molecule has 9 nitrogen and oxygen atoms in total. The van der Waals surface area contributed by atoms with Crippen LogP contribution in [0.2, 0.25) is 0 Å². The highest BCUT2D eigenvalue weighted by molar-refractivity contribution is 6.06. The van der Waals surface area contributed by atoms with Crippen molar-refractivity contribution in [3.05, 3.63) is 78.0 Å².